The minimum Gasteiger partial charge on any atom is -0.497 e. The van der Waals surface area contributed by atoms with Crippen LogP contribution in [0, 0.1) is 0 Å². The molecule has 0 saturated heterocycles. The Hall–Kier alpha value is -3.73. The van der Waals surface area contributed by atoms with Gasteiger partial charge in [0.05, 0.1) is 25.8 Å². The number of para-hydroxylation sites is 2. The third kappa shape index (κ3) is 3.50. The molecular weight excluding hydrogens is 376 g/mol. The zero-order valence-electron chi connectivity index (χ0n) is 17.3. The fraction of sp³-hybridized carbons (Fsp3) is 0.160. The molecular formula is C25H24N2O3. The molecule has 0 spiro atoms. The molecule has 5 nitrogen and oxygen atoms in total. The number of ether oxygens (including phenoxy) is 2. The van der Waals surface area contributed by atoms with E-state index in [-0.39, 0.29) is 11.9 Å². The highest BCUT2D eigenvalue weighted by Crippen LogP contribution is 2.35. The van der Waals surface area contributed by atoms with Crippen molar-refractivity contribution in [1.82, 2.24) is 9.88 Å². The number of carbonyl (C=O) groups excluding carboxylic acids is 1. The molecule has 1 atom stereocenters. The number of benzene rings is 3. The Morgan fingerprint density at radius 1 is 0.900 bits per heavy atom. The average molecular weight is 400 g/mol. The van der Waals surface area contributed by atoms with Gasteiger partial charge in [0.25, 0.3) is 5.91 Å². The SMILES string of the molecule is COc1ccc(C(c2c[nH]c3ccccc23)N(C)C(=O)c2ccccc2OC)cc1. The summed E-state index contributed by atoms with van der Waals surface area (Å²) in [6, 6.07) is 22.9. The molecule has 0 fully saturated rings. The van der Waals surface area contributed by atoms with Gasteiger partial charge in [-0.3, -0.25) is 4.79 Å². The Balaban J connectivity index is 1.83. The minimum absolute atomic E-state index is 0.112. The summed E-state index contributed by atoms with van der Waals surface area (Å²) in [5.41, 5.74) is 3.58. The fourth-order valence-electron chi connectivity index (χ4n) is 3.85. The molecule has 0 aliphatic carbocycles. The standard InChI is InChI=1S/C25H24N2O3/c1-27(25(28)20-9-5-7-11-23(20)30-3)24(17-12-14-18(29-2)15-13-17)21-16-26-22-10-6-4-8-19(21)22/h4-16,24,26H,1-3H3. The summed E-state index contributed by atoms with van der Waals surface area (Å²) < 4.78 is 10.7. The van der Waals surface area contributed by atoms with Crippen molar-refractivity contribution in [1.29, 1.82) is 0 Å². The first-order valence-electron chi connectivity index (χ1n) is 9.74. The number of nitrogens with zero attached hydrogens (tertiary/aromatic N) is 1. The first kappa shape index (κ1) is 19.6. The van der Waals surface area contributed by atoms with Crippen molar-refractivity contribution in [2.45, 2.75) is 6.04 Å². The van der Waals surface area contributed by atoms with Crippen LogP contribution >= 0.6 is 0 Å². The van der Waals surface area contributed by atoms with E-state index in [0.717, 1.165) is 27.8 Å². The first-order valence-corrected chi connectivity index (χ1v) is 9.74. The number of H-pyrrole nitrogens is 1. The van der Waals surface area contributed by atoms with Crippen LogP contribution in [0.2, 0.25) is 0 Å². The highest BCUT2D eigenvalue weighted by Gasteiger charge is 2.28. The van der Waals surface area contributed by atoms with Gasteiger partial charge in [-0.2, -0.15) is 0 Å². The highest BCUT2D eigenvalue weighted by molar-refractivity contribution is 5.97. The lowest BCUT2D eigenvalue weighted by atomic mass is 9.96. The molecule has 152 valence electrons. The quantitative estimate of drug-likeness (QED) is 0.493. The lowest BCUT2D eigenvalue weighted by molar-refractivity contribution is 0.0752. The number of methoxy groups -OCH3 is 2. The molecule has 4 rings (SSSR count). The van der Waals surface area contributed by atoms with Crippen molar-refractivity contribution in [3.8, 4) is 11.5 Å². The second-order valence-corrected chi connectivity index (χ2v) is 7.08. The van der Waals surface area contributed by atoms with Gasteiger partial charge < -0.3 is 19.4 Å². The summed E-state index contributed by atoms with van der Waals surface area (Å²) in [6.07, 6.45) is 1.98. The number of aromatic nitrogens is 1. The summed E-state index contributed by atoms with van der Waals surface area (Å²) in [4.78, 5) is 18.6. The van der Waals surface area contributed by atoms with Crippen molar-refractivity contribution in [3.63, 3.8) is 0 Å². The predicted molar refractivity (Wildman–Crippen MR) is 118 cm³/mol. The molecule has 1 amide bonds. The van der Waals surface area contributed by atoms with Gasteiger partial charge in [-0.15, -0.1) is 0 Å². The number of rotatable bonds is 6. The molecule has 0 radical (unpaired) electrons. The predicted octanol–water partition coefficient (Wildman–Crippen LogP) is 5.05. The molecule has 4 aromatic rings. The van der Waals surface area contributed by atoms with Crippen LogP contribution in [0.3, 0.4) is 0 Å². The molecule has 5 heteroatoms. The first-order chi connectivity index (χ1) is 14.6. The van der Waals surface area contributed by atoms with Gasteiger partial charge in [0, 0.05) is 29.7 Å². The molecule has 0 aliphatic rings. The van der Waals surface area contributed by atoms with Crippen LogP contribution in [-0.2, 0) is 0 Å². The number of hydrogen-bond donors (Lipinski definition) is 1. The van der Waals surface area contributed by atoms with Crippen LogP contribution in [0.15, 0.2) is 79.0 Å². The van der Waals surface area contributed by atoms with E-state index in [0.29, 0.717) is 11.3 Å². The summed E-state index contributed by atoms with van der Waals surface area (Å²) >= 11 is 0. The smallest absolute Gasteiger partial charge is 0.258 e. The third-order valence-corrected chi connectivity index (χ3v) is 5.39. The lowest BCUT2D eigenvalue weighted by Crippen LogP contribution is -2.32. The summed E-state index contributed by atoms with van der Waals surface area (Å²) in [5, 5.41) is 1.08. The average Bonchev–Trinajstić information content (AvgIpc) is 3.23. The number of nitrogens with one attached hydrogen (secondary N) is 1. The Labute approximate surface area is 175 Å². The Bertz CT molecular complexity index is 1160. The summed E-state index contributed by atoms with van der Waals surface area (Å²) in [6.45, 7) is 0. The second-order valence-electron chi connectivity index (χ2n) is 7.08. The van der Waals surface area contributed by atoms with E-state index in [2.05, 4.69) is 11.1 Å². The van der Waals surface area contributed by atoms with Crippen LogP contribution in [0.5, 0.6) is 11.5 Å². The summed E-state index contributed by atoms with van der Waals surface area (Å²) in [5.74, 6) is 1.22. The highest BCUT2D eigenvalue weighted by atomic mass is 16.5. The Kier molecular flexibility index (Phi) is 5.44. The monoisotopic (exact) mass is 400 g/mol. The molecule has 30 heavy (non-hydrogen) atoms. The van der Waals surface area contributed by atoms with Gasteiger partial charge in [0.1, 0.15) is 11.5 Å². The van der Waals surface area contributed by atoms with Crippen molar-refractivity contribution in [2.75, 3.05) is 21.3 Å². The van der Waals surface area contributed by atoms with Crippen molar-refractivity contribution >= 4 is 16.8 Å². The molecule has 0 aliphatic heterocycles. The van der Waals surface area contributed by atoms with Gasteiger partial charge in [0.2, 0.25) is 0 Å². The zero-order chi connectivity index (χ0) is 21.1. The molecule has 0 saturated carbocycles. The number of hydrogen-bond acceptors (Lipinski definition) is 3. The zero-order valence-corrected chi connectivity index (χ0v) is 17.3. The van der Waals surface area contributed by atoms with E-state index in [1.807, 2.05) is 67.8 Å². The van der Waals surface area contributed by atoms with Crippen molar-refractivity contribution < 1.29 is 14.3 Å². The molecule has 1 unspecified atom stereocenters. The van der Waals surface area contributed by atoms with E-state index in [9.17, 15) is 4.79 Å². The maximum atomic E-state index is 13.5. The van der Waals surface area contributed by atoms with E-state index < -0.39 is 0 Å². The van der Waals surface area contributed by atoms with Gasteiger partial charge in [-0.25, -0.2) is 0 Å². The van der Waals surface area contributed by atoms with Crippen LogP contribution in [0.4, 0.5) is 0 Å². The molecule has 3 aromatic carbocycles. The van der Waals surface area contributed by atoms with E-state index in [1.54, 1.807) is 31.3 Å². The van der Waals surface area contributed by atoms with Crippen LogP contribution in [0.1, 0.15) is 27.5 Å². The van der Waals surface area contributed by atoms with Crippen LogP contribution in [-0.4, -0.2) is 37.1 Å². The van der Waals surface area contributed by atoms with E-state index in [1.165, 1.54) is 0 Å². The maximum absolute atomic E-state index is 13.5. The van der Waals surface area contributed by atoms with Gasteiger partial charge >= 0.3 is 0 Å². The Morgan fingerprint density at radius 2 is 1.60 bits per heavy atom. The second kappa shape index (κ2) is 8.33. The van der Waals surface area contributed by atoms with E-state index in [4.69, 9.17) is 9.47 Å². The van der Waals surface area contributed by atoms with Crippen LogP contribution < -0.4 is 9.47 Å². The topological polar surface area (TPSA) is 54.6 Å². The van der Waals surface area contributed by atoms with Gasteiger partial charge in [-0.05, 0) is 35.9 Å². The Morgan fingerprint density at radius 3 is 2.33 bits per heavy atom. The van der Waals surface area contributed by atoms with Crippen molar-refractivity contribution in [2.24, 2.45) is 0 Å². The third-order valence-electron chi connectivity index (χ3n) is 5.39. The van der Waals surface area contributed by atoms with Crippen LogP contribution in [0.25, 0.3) is 10.9 Å². The number of amides is 1. The van der Waals surface area contributed by atoms with Gasteiger partial charge in [-0.1, -0.05) is 42.5 Å². The molecule has 1 aromatic heterocycles. The maximum Gasteiger partial charge on any atom is 0.258 e. The lowest BCUT2D eigenvalue weighted by Gasteiger charge is -2.29. The largest absolute Gasteiger partial charge is 0.497 e. The molecule has 1 heterocycles. The number of fused-ring (bicyclic) bond motifs is 1. The minimum atomic E-state index is -0.288. The number of aromatic amines is 1. The molecule has 1 N–H and O–H groups in total. The normalized spacial score (nSPS) is 11.8. The number of carbonyl (C=O) groups is 1. The van der Waals surface area contributed by atoms with E-state index >= 15 is 0 Å². The van der Waals surface area contributed by atoms with Gasteiger partial charge in [0.15, 0.2) is 0 Å². The molecule has 0 bridgehead atoms. The summed E-state index contributed by atoms with van der Waals surface area (Å²) in [7, 11) is 5.04. The fourth-order valence-corrected chi connectivity index (χ4v) is 3.85. The van der Waals surface area contributed by atoms with Crippen molar-refractivity contribution in [3.05, 3.63) is 95.7 Å².